The van der Waals surface area contributed by atoms with Crippen molar-refractivity contribution >= 4 is 14.7 Å². The Balaban J connectivity index is 2.40. The maximum atomic E-state index is 13.5. The van der Waals surface area contributed by atoms with Crippen LogP contribution in [0.4, 0.5) is 0 Å². The molecule has 0 spiro atoms. The van der Waals surface area contributed by atoms with Crippen LogP contribution >= 0.6 is 14.7 Å². The maximum absolute atomic E-state index is 13.5. The summed E-state index contributed by atoms with van der Waals surface area (Å²) < 4.78 is 51.7. The number of hydrogen-bond acceptors (Lipinski definition) is 6. The maximum Gasteiger partial charge on any atom is 0.225 e. The predicted octanol–water partition coefficient (Wildman–Crippen LogP) is 7.17. The molecule has 2 aromatic rings. The fourth-order valence-electron chi connectivity index (χ4n) is 3.44. The van der Waals surface area contributed by atoms with Crippen LogP contribution in [0.25, 0.3) is 0 Å². The topological polar surface area (TPSA) is 71.1 Å². The van der Waals surface area contributed by atoms with Crippen LogP contribution in [-0.4, -0.2) is 43.1 Å². The summed E-state index contributed by atoms with van der Waals surface area (Å²) in [6, 6.07) is 19.5. The first-order chi connectivity index (χ1) is 16.2. The molecule has 0 heterocycles. The Morgan fingerprint density at radius 3 is 1.68 bits per heavy atom. The molecule has 0 aliphatic carbocycles. The summed E-state index contributed by atoms with van der Waals surface area (Å²) in [6.07, 6.45) is 0.721. The molecule has 190 valence electrons. The minimum atomic E-state index is -3.05. The van der Waals surface area contributed by atoms with Gasteiger partial charge in [0.05, 0.1) is 13.2 Å². The number of rotatable bonds is 16. The average Bonchev–Trinajstić information content (AvgIpc) is 2.88. The standard InChI is InChI=1S/C26H40O6P2/c1-6-33(27,7-2)31-23(5)26(32-34(28,8-3)9-4,30-21-25-18-14-11-15-19-25)22-29-20-24-16-12-10-13-17-24/h10-19,23H,6-9,20-22H2,1-5H3/t23-,26-/m1/s1. The Morgan fingerprint density at radius 1 is 0.735 bits per heavy atom. The second-order valence-corrected chi connectivity index (χ2v) is 14.5. The highest BCUT2D eigenvalue weighted by Crippen LogP contribution is 2.54. The van der Waals surface area contributed by atoms with E-state index < -0.39 is 26.6 Å². The van der Waals surface area contributed by atoms with Gasteiger partial charge in [0.15, 0.2) is 0 Å². The molecule has 0 amide bonds. The highest BCUT2D eigenvalue weighted by Gasteiger charge is 2.47. The number of benzene rings is 2. The van der Waals surface area contributed by atoms with Gasteiger partial charge in [-0.25, -0.2) is 0 Å². The fourth-order valence-corrected chi connectivity index (χ4v) is 6.45. The number of hydrogen-bond donors (Lipinski definition) is 0. The third kappa shape index (κ3) is 8.45. The van der Waals surface area contributed by atoms with E-state index in [0.717, 1.165) is 11.1 Å². The highest BCUT2D eigenvalue weighted by atomic mass is 31.2. The van der Waals surface area contributed by atoms with Gasteiger partial charge < -0.3 is 14.0 Å². The lowest BCUT2D eigenvalue weighted by Crippen LogP contribution is -2.50. The average molecular weight is 511 g/mol. The third-order valence-corrected chi connectivity index (χ3v) is 11.2. The molecule has 0 radical (unpaired) electrons. The van der Waals surface area contributed by atoms with Gasteiger partial charge in [0.1, 0.15) is 12.7 Å². The monoisotopic (exact) mass is 510 g/mol. The zero-order valence-corrected chi connectivity index (χ0v) is 22.9. The first-order valence-electron chi connectivity index (χ1n) is 12.1. The van der Waals surface area contributed by atoms with Crippen molar-refractivity contribution in [3.8, 4) is 0 Å². The van der Waals surface area contributed by atoms with Crippen molar-refractivity contribution in [1.82, 2.24) is 0 Å². The van der Waals surface area contributed by atoms with Crippen molar-refractivity contribution in [2.45, 2.75) is 59.7 Å². The first kappa shape index (κ1) is 29.0. The Hall–Kier alpha value is -1.26. The normalized spacial score (nSPS) is 15.1. The van der Waals surface area contributed by atoms with Gasteiger partial charge >= 0.3 is 0 Å². The van der Waals surface area contributed by atoms with Crippen LogP contribution in [-0.2, 0) is 40.9 Å². The summed E-state index contributed by atoms with van der Waals surface area (Å²) in [5.41, 5.74) is 1.93. The van der Waals surface area contributed by atoms with Crippen LogP contribution in [0.1, 0.15) is 45.7 Å². The van der Waals surface area contributed by atoms with Crippen molar-refractivity contribution in [3.63, 3.8) is 0 Å². The molecule has 0 unspecified atom stereocenters. The summed E-state index contributed by atoms with van der Waals surface area (Å²) in [4.78, 5) is 0. The molecule has 0 saturated carbocycles. The molecular formula is C26H40O6P2. The molecule has 34 heavy (non-hydrogen) atoms. The van der Waals surface area contributed by atoms with E-state index >= 15 is 0 Å². The molecule has 0 fully saturated rings. The summed E-state index contributed by atoms with van der Waals surface area (Å²) in [6.45, 7) is 9.65. The van der Waals surface area contributed by atoms with Crippen molar-refractivity contribution in [2.24, 2.45) is 0 Å². The summed E-state index contributed by atoms with van der Waals surface area (Å²) in [5.74, 6) is -1.49. The van der Waals surface area contributed by atoms with Crippen LogP contribution in [0.5, 0.6) is 0 Å². The fraction of sp³-hybridized carbons (Fsp3) is 0.538. The molecule has 2 atom stereocenters. The molecule has 2 aromatic carbocycles. The van der Waals surface area contributed by atoms with Crippen LogP contribution in [0.3, 0.4) is 0 Å². The van der Waals surface area contributed by atoms with Crippen LogP contribution in [0.15, 0.2) is 60.7 Å². The minimum absolute atomic E-state index is 0.0205. The van der Waals surface area contributed by atoms with Crippen molar-refractivity contribution < 1.29 is 27.7 Å². The summed E-state index contributed by atoms with van der Waals surface area (Å²) in [7, 11) is -5.95. The van der Waals surface area contributed by atoms with Gasteiger partial charge in [-0.3, -0.25) is 13.7 Å². The van der Waals surface area contributed by atoms with E-state index in [1.807, 2.05) is 88.4 Å². The van der Waals surface area contributed by atoms with Gasteiger partial charge in [0, 0.05) is 24.6 Å². The lowest BCUT2D eigenvalue weighted by Gasteiger charge is -2.41. The van der Waals surface area contributed by atoms with Crippen LogP contribution in [0, 0.1) is 0 Å². The lowest BCUT2D eigenvalue weighted by molar-refractivity contribution is -0.260. The van der Waals surface area contributed by atoms with E-state index in [1.54, 1.807) is 6.92 Å². The molecule has 0 aliphatic rings. The molecule has 0 bridgehead atoms. The van der Waals surface area contributed by atoms with Crippen molar-refractivity contribution in [2.75, 3.05) is 31.3 Å². The Kier molecular flexibility index (Phi) is 11.7. The Morgan fingerprint density at radius 2 is 1.21 bits per heavy atom. The molecule has 0 aliphatic heterocycles. The van der Waals surface area contributed by atoms with Crippen molar-refractivity contribution in [1.29, 1.82) is 0 Å². The second-order valence-electron chi connectivity index (χ2n) is 8.30. The zero-order valence-electron chi connectivity index (χ0n) is 21.1. The quantitative estimate of drug-likeness (QED) is 0.176. The Labute approximate surface area is 205 Å². The predicted molar refractivity (Wildman–Crippen MR) is 139 cm³/mol. The van der Waals surface area contributed by atoms with Gasteiger partial charge in [-0.2, -0.15) is 0 Å². The smallest absolute Gasteiger partial charge is 0.225 e. The van der Waals surface area contributed by atoms with Gasteiger partial charge in [-0.1, -0.05) is 88.4 Å². The number of ether oxygens (including phenoxy) is 2. The molecule has 0 saturated heterocycles. The molecule has 0 N–H and O–H groups in total. The van der Waals surface area contributed by atoms with Crippen molar-refractivity contribution in [3.05, 3.63) is 71.8 Å². The molecule has 6 nitrogen and oxygen atoms in total. The van der Waals surface area contributed by atoms with E-state index in [4.69, 9.17) is 18.5 Å². The van der Waals surface area contributed by atoms with Crippen LogP contribution < -0.4 is 0 Å². The van der Waals surface area contributed by atoms with Gasteiger partial charge in [0.2, 0.25) is 20.5 Å². The van der Waals surface area contributed by atoms with E-state index in [2.05, 4.69) is 0 Å². The molecule has 8 heteroatoms. The zero-order chi connectivity index (χ0) is 25.1. The lowest BCUT2D eigenvalue weighted by atomic mass is 10.1. The van der Waals surface area contributed by atoms with E-state index in [9.17, 15) is 9.13 Å². The van der Waals surface area contributed by atoms with Gasteiger partial charge in [-0.05, 0) is 18.1 Å². The summed E-state index contributed by atoms with van der Waals surface area (Å²) in [5, 5.41) is 0. The van der Waals surface area contributed by atoms with Gasteiger partial charge in [0.25, 0.3) is 0 Å². The second kappa shape index (κ2) is 13.7. The summed E-state index contributed by atoms with van der Waals surface area (Å²) >= 11 is 0. The highest BCUT2D eigenvalue weighted by molar-refractivity contribution is 7.59. The minimum Gasteiger partial charge on any atom is -0.371 e. The largest absolute Gasteiger partial charge is 0.371 e. The van der Waals surface area contributed by atoms with E-state index in [-0.39, 0.29) is 13.2 Å². The van der Waals surface area contributed by atoms with E-state index in [1.165, 1.54) is 0 Å². The van der Waals surface area contributed by atoms with Gasteiger partial charge in [-0.15, -0.1) is 0 Å². The third-order valence-electron chi connectivity index (χ3n) is 5.96. The molecule has 2 rings (SSSR count). The van der Waals surface area contributed by atoms with Crippen LogP contribution in [0.2, 0.25) is 0 Å². The molecule has 0 aromatic heterocycles. The molecular weight excluding hydrogens is 470 g/mol. The van der Waals surface area contributed by atoms with E-state index in [0.29, 0.717) is 31.3 Å². The Bertz CT molecular complexity index is 921. The first-order valence-corrected chi connectivity index (χ1v) is 16.1. The SMILES string of the molecule is CCP(=O)(CC)O[C@H](C)[C@](COCc1ccccc1)(OCc1ccccc1)OP(=O)(CC)CC.